The lowest BCUT2D eigenvalue weighted by molar-refractivity contribution is 0.100. The Balaban J connectivity index is 2.38. The van der Waals surface area contributed by atoms with Crippen molar-refractivity contribution < 1.29 is 14.7 Å². The minimum atomic E-state index is -1.07. The molecule has 0 saturated heterocycles. The molecular formula is C15H13N3O3. The van der Waals surface area contributed by atoms with Gasteiger partial charge in [0.05, 0.1) is 16.8 Å². The molecule has 0 aromatic heterocycles. The van der Waals surface area contributed by atoms with Gasteiger partial charge in [-0.3, -0.25) is 9.59 Å². The first kappa shape index (κ1) is 13.1. The number of aliphatic hydroxyl groups excluding tert-OH is 1. The smallest absolute Gasteiger partial charge is 0.250 e. The molecule has 2 aromatic rings. The minimum absolute atomic E-state index is 0.0221. The van der Waals surface area contributed by atoms with Crippen molar-refractivity contribution in [1.82, 2.24) is 0 Å². The number of hydrogen-bond donors (Lipinski definition) is 4. The Kier molecular flexibility index (Phi) is 2.70. The van der Waals surface area contributed by atoms with Crippen LogP contribution >= 0.6 is 0 Å². The van der Waals surface area contributed by atoms with Crippen molar-refractivity contribution in [2.24, 2.45) is 5.73 Å². The lowest BCUT2D eigenvalue weighted by Crippen LogP contribution is -2.25. The molecule has 0 aliphatic heterocycles. The van der Waals surface area contributed by atoms with Gasteiger partial charge in [-0.2, -0.15) is 0 Å². The Morgan fingerprint density at radius 2 is 1.86 bits per heavy atom. The number of benzene rings is 2. The average Bonchev–Trinajstić information content (AvgIpc) is 2.46. The van der Waals surface area contributed by atoms with Crippen LogP contribution in [0.2, 0.25) is 0 Å². The van der Waals surface area contributed by atoms with Crippen LogP contribution in [0.4, 0.5) is 11.4 Å². The van der Waals surface area contributed by atoms with Crippen LogP contribution in [0.25, 0.3) is 0 Å². The molecule has 1 aliphatic carbocycles. The zero-order valence-electron chi connectivity index (χ0n) is 11.0. The van der Waals surface area contributed by atoms with Crippen LogP contribution < -0.4 is 17.2 Å². The van der Waals surface area contributed by atoms with Gasteiger partial charge < -0.3 is 22.3 Å². The Labute approximate surface area is 120 Å². The van der Waals surface area contributed by atoms with Crippen molar-refractivity contribution in [3.05, 3.63) is 58.1 Å². The number of anilines is 2. The molecule has 2 aromatic carbocycles. The second kappa shape index (κ2) is 4.32. The van der Waals surface area contributed by atoms with E-state index in [0.29, 0.717) is 11.1 Å². The molecule has 3 rings (SSSR count). The molecule has 0 spiro atoms. The highest BCUT2D eigenvalue weighted by Gasteiger charge is 2.34. The van der Waals surface area contributed by atoms with Crippen LogP contribution in [0.3, 0.4) is 0 Å². The molecule has 6 heteroatoms. The molecule has 7 N–H and O–H groups in total. The average molecular weight is 283 g/mol. The van der Waals surface area contributed by atoms with E-state index >= 15 is 0 Å². The number of aliphatic hydroxyl groups is 1. The van der Waals surface area contributed by atoms with Crippen molar-refractivity contribution in [1.29, 1.82) is 0 Å². The third-order valence-corrected chi connectivity index (χ3v) is 3.71. The second-order valence-electron chi connectivity index (χ2n) is 4.90. The first-order valence-electron chi connectivity index (χ1n) is 6.26. The summed E-state index contributed by atoms with van der Waals surface area (Å²) in [5.41, 5.74) is 18.1. The number of hydrogen-bond acceptors (Lipinski definition) is 5. The van der Waals surface area contributed by atoms with E-state index in [-0.39, 0.29) is 33.8 Å². The van der Waals surface area contributed by atoms with Crippen molar-refractivity contribution in [3.8, 4) is 0 Å². The number of carbonyl (C=O) groups is 2. The van der Waals surface area contributed by atoms with E-state index in [2.05, 4.69) is 0 Å². The van der Waals surface area contributed by atoms with Crippen molar-refractivity contribution >= 4 is 23.1 Å². The van der Waals surface area contributed by atoms with E-state index in [0.717, 1.165) is 0 Å². The Morgan fingerprint density at radius 3 is 2.52 bits per heavy atom. The standard InChI is InChI=1S/C15H13N3O3/c16-9-5-8(15(18)21)12(17)11-10(9)13(19)6-3-1-2-4-7(6)14(11)20/h1-5,13,19H,16-17H2,(H2,18,21). The number of nitrogen functional groups attached to an aromatic ring is 2. The Morgan fingerprint density at radius 1 is 1.19 bits per heavy atom. The van der Waals surface area contributed by atoms with Crippen LogP contribution in [0.15, 0.2) is 30.3 Å². The van der Waals surface area contributed by atoms with Crippen LogP contribution in [0.1, 0.15) is 43.5 Å². The molecule has 0 saturated carbocycles. The zero-order valence-corrected chi connectivity index (χ0v) is 11.0. The molecule has 0 radical (unpaired) electrons. The van der Waals surface area contributed by atoms with Gasteiger partial charge in [0.15, 0.2) is 5.78 Å². The lowest BCUT2D eigenvalue weighted by Gasteiger charge is -2.26. The SMILES string of the molecule is NC(=O)c1cc(N)c2c(c1N)C(=O)c1ccccc1C2O. The van der Waals surface area contributed by atoms with Crippen molar-refractivity contribution in [3.63, 3.8) is 0 Å². The maximum absolute atomic E-state index is 12.6. The topological polar surface area (TPSA) is 132 Å². The fourth-order valence-electron chi connectivity index (χ4n) is 2.71. The van der Waals surface area contributed by atoms with E-state index in [1.807, 2.05) is 0 Å². The van der Waals surface area contributed by atoms with Gasteiger partial charge in [-0.15, -0.1) is 0 Å². The number of carbonyl (C=O) groups excluding carboxylic acids is 2. The second-order valence-corrected chi connectivity index (χ2v) is 4.90. The van der Waals surface area contributed by atoms with Crippen LogP contribution in [-0.4, -0.2) is 16.8 Å². The highest BCUT2D eigenvalue weighted by molar-refractivity contribution is 6.19. The van der Waals surface area contributed by atoms with Crippen molar-refractivity contribution in [2.45, 2.75) is 6.10 Å². The Bertz CT molecular complexity index is 799. The molecule has 0 heterocycles. The van der Waals surface area contributed by atoms with Gasteiger partial charge in [0.1, 0.15) is 6.10 Å². The molecule has 1 amide bonds. The molecule has 1 aliphatic rings. The van der Waals surface area contributed by atoms with E-state index in [4.69, 9.17) is 17.2 Å². The summed E-state index contributed by atoms with van der Waals surface area (Å²) in [6, 6.07) is 7.94. The predicted molar refractivity (Wildman–Crippen MR) is 77.7 cm³/mol. The summed E-state index contributed by atoms with van der Waals surface area (Å²) < 4.78 is 0. The molecule has 106 valence electrons. The summed E-state index contributed by atoms with van der Waals surface area (Å²) in [5.74, 6) is -1.15. The van der Waals surface area contributed by atoms with E-state index in [9.17, 15) is 14.7 Å². The van der Waals surface area contributed by atoms with Gasteiger partial charge in [0.25, 0.3) is 5.91 Å². The number of primary amides is 1. The first-order chi connectivity index (χ1) is 9.93. The highest BCUT2D eigenvalue weighted by Crippen LogP contribution is 2.41. The van der Waals surface area contributed by atoms with Crippen LogP contribution in [-0.2, 0) is 0 Å². The summed E-state index contributed by atoms with van der Waals surface area (Å²) >= 11 is 0. The summed E-state index contributed by atoms with van der Waals surface area (Å²) in [4.78, 5) is 24.0. The first-order valence-corrected chi connectivity index (χ1v) is 6.26. The summed E-state index contributed by atoms with van der Waals surface area (Å²) in [7, 11) is 0. The van der Waals surface area contributed by atoms with Gasteiger partial charge >= 0.3 is 0 Å². The number of rotatable bonds is 1. The predicted octanol–water partition coefficient (Wildman–Crippen LogP) is 0.576. The summed E-state index contributed by atoms with van der Waals surface area (Å²) in [5, 5.41) is 10.5. The summed E-state index contributed by atoms with van der Waals surface area (Å²) in [6.07, 6.45) is -1.07. The molecule has 1 unspecified atom stereocenters. The minimum Gasteiger partial charge on any atom is -0.398 e. The fraction of sp³-hybridized carbons (Fsp3) is 0.0667. The normalized spacial score (nSPS) is 16.2. The van der Waals surface area contributed by atoms with Gasteiger partial charge in [-0.05, 0) is 11.6 Å². The number of nitrogens with two attached hydrogens (primary N) is 3. The lowest BCUT2D eigenvalue weighted by atomic mass is 9.80. The molecule has 6 nitrogen and oxygen atoms in total. The quantitative estimate of drug-likeness (QED) is 0.568. The summed E-state index contributed by atoms with van der Waals surface area (Å²) in [6.45, 7) is 0. The van der Waals surface area contributed by atoms with Gasteiger partial charge in [-0.1, -0.05) is 24.3 Å². The molecule has 0 fully saturated rings. The van der Waals surface area contributed by atoms with Gasteiger partial charge in [0.2, 0.25) is 0 Å². The maximum atomic E-state index is 12.6. The Hall–Kier alpha value is -2.86. The third kappa shape index (κ3) is 1.70. The van der Waals surface area contributed by atoms with Crippen molar-refractivity contribution in [2.75, 3.05) is 11.5 Å². The van der Waals surface area contributed by atoms with E-state index in [1.165, 1.54) is 6.07 Å². The number of ketones is 1. The van der Waals surface area contributed by atoms with Crippen LogP contribution in [0, 0.1) is 0 Å². The number of fused-ring (bicyclic) bond motifs is 2. The highest BCUT2D eigenvalue weighted by atomic mass is 16.3. The monoisotopic (exact) mass is 283 g/mol. The zero-order chi connectivity index (χ0) is 15.3. The van der Waals surface area contributed by atoms with Gasteiger partial charge in [0, 0.05) is 16.8 Å². The van der Waals surface area contributed by atoms with Gasteiger partial charge in [-0.25, -0.2) is 0 Å². The maximum Gasteiger partial charge on any atom is 0.250 e. The molecule has 21 heavy (non-hydrogen) atoms. The van der Waals surface area contributed by atoms with E-state index in [1.54, 1.807) is 24.3 Å². The largest absolute Gasteiger partial charge is 0.398 e. The molecule has 0 bridgehead atoms. The molecular weight excluding hydrogens is 270 g/mol. The van der Waals surface area contributed by atoms with Crippen LogP contribution in [0.5, 0.6) is 0 Å². The third-order valence-electron chi connectivity index (χ3n) is 3.71. The number of amides is 1. The fourth-order valence-corrected chi connectivity index (χ4v) is 2.71. The van der Waals surface area contributed by atoms with E-state index < -0.39 is 12.0 Å². The molecule has 1 atom stereocenters.